The van der Waals surface area contributed by atoms with Gasteiger partial charge in [0.25, 0.3) is 11.5 Å². The Morgan fingerprint density at radius 2 is 2.08 bits per heavy atom. The van der Waals surface area contributed by atoms with Crippen molar-refractivity contribution >= 4 is 17.0 Å². The molecule has 0 radical (unpaired) electrons. The van der Waals surface area contributed by atoms with Gasteiger partial charge in [-0.15, -0.1) is 0 Å². The highest BCUT2D eigenvalue weighted by atomic mass is 16.5. The summed E-state index contributed by atoms with van der Waals surface area (Å²) in [5, 5.41) is 19.2. The first kappa shape index (κ1) is 20.1. The minimum Gasteiger partial charge on any atom is -0.594 e. The Kier molecular flexibility index (Phi) is 8.26. The molecule has 144 valence electrons. The van der Waals surface area contributed by atoms with Crippen LogP contribution in [-0.2, 0) is 4.74 Å². The molecule has 0 aliphatic heterocycles. The lowest BCUT2D eigenvalue weighted by molar-refractivity contribution is -0.641. The Morgan fingerprint density at radius 3 is 2.85 bits per heavy atom. The van der Waals surface area contributed by atoms with Crippen molar-refractivity contribution in [2.24, 2.45) is 5.73 Å². The SMILES string of the molecule is COCCOc1ccc2nc(NCCCN(C)CCCN)n[n+]([O-])c2c1. The number of methoxy groups -OCH3 is 1. The molecule has 1 aromatic heterocycles. The lowest BCUT2D eigenvalue weighted by atomic mass is 10.3. The van der Waals surface area contributed by atoms with Gasteiger partial charge in [0.2, 0.25) is 0 Å². The first-order chi connectivity index (χ1) is 12.6. The summed E-state index contributed by atoms with van der Waals surface area (Å²) >= 11 is 0. The Morgan fingerprint density at radius 1 is 1.27 bits per heavy atom. The molecule has 1 aromatic carbocycles. The first-order valence-corrected chi connectivity index (χ1v) is 8.80. The molecule has 1 heterocycles. The number of anilines is 1. The van der Waals surface area contributed by atoms with E-state index in [4.69, 9.17) is 15.2 Å². The van der Waals surface area contributed by atoms with Gasteiger partial charge in [0.05, 0.1) is 17.8 Å². The second-order valence-electron chi connectivity index (χ2n) is 6.03. The Balaban J connectivity index is 1.90. The van der Waals surface area contributed by atoms with Gasteiger partial charge in [-0.05, 0) is 56.5 Å². The van der Waals surface area contributed by atoms with Crippen LogP contribution in [0, 0.1) is 5.21 Å². The number of fused-ring (bicyclic) bond motifs is 1. The number of hydrogen-bond donors (Lipinski definition) is 2. The van der Waals surface area contributed by atoms with Crippen LogP contribution in [-0.4, -0.2) is 68.5 Å². The molecule has 2 aromatic rings. The molecule has 26 heavy (non-hydrogen) atoms. The number of rotatable bonds is 12. The fourth-order valence-electron chi connectivity index (χ4n) is 2.46. The van der Waals surface area contributed by atoms with Crippen molar-refractivity contribution in [3.05, 3.63) is 23.4 Å². The zero-order valence-electron chi connectivity index (χ0n) is 15.5. The van der Waals surface area contributed by atoms with Gasteiger partial charge in [0.1, 0.15) is 17.9 Å². The van der Waals surface area contributed by atoms with E-state index in [1.807, 2.05) is 0 Å². The van der Waals surface area contributed by atoms with Crippen molar-refractivity contribution in [3.63, 3.8) is 0 Å². The zero-order valence-corrected chi connectivity index (χ0v) is 15.5. The van der Waals surface area contributed by atoms with E-state index in [1.54, 1.807) is 25.3 Å². The Bertz CT molecular complexity index is 685. The minimum absolute atomic E-state index is 0.324. The van der Waals surface area contributed by atoms with Crippen molar-refractivity contribution in [1.29, 1.82) is 0 Å². The van der Waals surface area contributed by atoms with Crippen LogP contribution in [0.25, 0.3) is 11.0 Å². The maximum absolute atomic E-state index is 12.2. The molecule has 0 fully saturated rings. The average molecular weight is 364 g/mol. The highest BCUT2D eigenvalue weighted by Crippen LogP contribution is 2.17. The van der Waals surface area contributed by atoms with E-state index in [0.717, 1.165) is 25.9 Å². The quantitative estimate of drug-likeness (QED) is 0.316. The summed E-state index contributed by atoms with van der Waals surface area (Å²) in [6.07, 6.45) is 1.92. The summed E-state index contributed by atoms with van der Waals surface area (Å²) in [6, 6.07) is 5.16. The highest BCUT2D eigenvalue weighted by molar-refractivity contribution is 5.73. The fraction of sp³-hybridized carbons (Fsp3) is 0.588. The van der Waals surface area contributed by atoms with Crippen LogP contribution >= 0.6 is 0 Å². The lowest BCUT2D eigenvalue weighted by Crippen LogP contribution is -2.34. The Labute approximate surface area is 153 Å². The summed E-state index contributed by atoms with van der Waals surface area (Å²) < 4.78 is 10.4. The topological polar surface area (TPSA) is 112 Å². The van der Waals surface area contributed by atoms with E-state index in [-0.39, 0.29) is 0 Å². The van der Waals surface area contributed by atoms with Crippen LogP contribution in [0.4, 0.5) is 5.95 Å². The molecule has 0 aliphatic rings. The molecule has 9 heteroatoms. The third-order valence-electron chi connectivity index (χ3n) is 3.86. The molecule has 0 atom stereocenters. The van der Waals surface area contributed by atoms with Gasteiger partial charge in [-0.1, -0.05) is 0 Å². The normalized spacial score (nSPS) is 11.2. The zero-order chi connectivity index (χ0) is 18.8. The van der Waals surface area contributed by atoms with Crippen LogP contribution < -0.4 is 20.6 Å². The molecule has 0 amide bonds. The smallest absolute Gasteiger partial charge is 0.290 e. The van der Waals surface area contributed by atoms with E-state index in [9.17, 15) is 5.21 Å². The van der Waals surface area contributed by atoms with Crippen molar-refractivity contribution in [2.45, 2.75) is 12.8 Å². The van der Waals surface area contributed by atoms with E-state index in [2.05, 4.69) is 27.3 Å². The number of aromatic nitrogens is 3. The van der Waals surface area contributed by atoms with Crippen LogP contribution in [0.2, 0.25) is 0 Å². The molecule has 0 spiro atoms. The summed E-state index contributed by atoms with van der Waals surface area (Å²) in [7, 11) is 3.68. The summed E-state index contributed by atoms with van der Waals surface area (Å²) in [6.45, 7) is 4.22. The molecule has 0 aliphatic carbocycles. The Hall–Kier alpha value is -2.23. The highest BCUT2D eigenvalue weighted by Gasteiger charge is 2.12. The number of nitrogens with two attached hydrogens (primary N) is 1. The number of benzene rings is 1. The third-order valence-corrected chi connectivity index (χ3v) is 3.86. The second-order valence-corrected chi connectivity index (χ2v) is 6.03. The molecular weight excluding hydrogens is 336 g/mol. The summed E-state index contributed by atoms with van der Waals surface area (Å²) in [5.41, 5.74) is 6.44. The van der Waals surface area contributed by atoms with Gasteiger partial charge in [0, 0.05) is 13.7 Å². The molecule has 3 N–H and O–H groups in total. The van der Waals surface area contributed by atoms with Gasteiger partial charge < -0.3 is 30.6 Å². The first-order valence-electron chi connectivity index (χ1n) is 8.80. The number of hydrogen-bond acceptors (Lipinski definition) is 8. The van der Waals surface area contributed by atoms with E-state index < -0.39 is 0 Å². The van der Waals surface area contributed by atoms with Crippen molar-refractivity contribution < 1.29 is 14.3 Å². The minimum atomic E-state index is 0.324. The maximum Gasteiger partial charge on any atom is 0.290 e. The van der Waals surface area contributed by atoms with Gasteiger partial charge in [-0.25, -0.2) is 4.98 Å². The van der Waals surface area contributed by atoms with Gasteiger partial charge in [-0.2, -0.15) is 0 Å². The van der Waals surface area contributed by atoms with Crippen molar-refractivity contribution in [2.75, 3.05) is 58.9 Å². The van der Waals surface area contributed by atoms with Crippen LogP contribution in [0.15, 0.2) is 18.2 Å². The molecule has 9 nitrogen and oxygen atoms in total. The summed E-state index contributed by atoms with van der Waals surface area (Å²) in [5.74, 6) is 0.911. The monoisotopic (exact) mass is 364 g/mol. The van der Waals surface area contributed by atoms with Crippen molar-refractivity contribution in [3.8, 4) is 5.75 Å². The molecule has 2 rings (SSSR count). The van der Waals surface area contributed by atoms with Crippen LogP contribution in [0.1, 0.15) is 12.8 Å². The number of nitrogens with zero attached hydrogens (tertiary/aromatic N) is 4. The van der Waals surface area contributed by atoms with E-state index in [0.29, 0.717) is 53.9 Å². The predicted octanol–water partition coefficient (Wildman–Crippen LogP) is 0.371. The largest absolute Gasteiger partial charge is 0.594 e. The number of nitrogens with one attached hydrogen (secondary N) is 1. The maximum atomic E-state index is 12.2. The van der Waals surface area contributed by atoms with Gasteiger partial charge in [-0.3, -0.25) is 0 Å². The van der Waals surface area contributed by atoms with Crippen LogP contribution in [0.5, 0.6) is 5.75 Å². The molecular formula is C17H28N6O3. The number of ether oxygens (including phenoxy) is 2. The molecule has 0 saturated carbocycles. The molecule has 0 bridgehead atoms. The average Bonchev–Trinajstić information content (AvgIpc) is 2.64. The third kappa shape index (κ3) is 6.25. The molecule has 0 unspecified atom stereocenters. The second kappa shape index (κ2) is 10.7. The summed E-state index contributed by atoms with van der Waals surface area (Å²) in [4.78, 5) is 7.19. The van der Waals surface area contributed by atoms with Crippen LogP contribution in [0.3, 0.4) is 0 Å². The van der Waals surface area contributed by atoms with E-state index in [1.165, 1.54) is 0 Å². The van der Waals surface area contributed by atoms with Gasteiger partial charge in [0.15, 0.2) is 0 Å². The van der Waals surface area contributed by atoms with Crippen molar-refractivity contribution in [1.82, 2.24) is 15.0 Å². The predicted molar refractivity (Wildman–Crippen MR) is 100 cm³/mol. The van der Waals surface area contributed by atoms with E-state index >= 15 is 0 Å². The lowest BCUT2D eigenvalue weighted by Gasteiger charge is -2.15. The standard InChI is InChI=1S/C17H28N6O3/c1-22(9-3-7-18)10-4-8-19-17-20-15-6-5-14(26-12-11-25-2)13-16(15)23(24)21-17/h5-6,13H,3-4,7-12,18H2,1-2H3,(H,19,20,21). The van der Waals surface area contributed by atoms with Gasteiger partial charge >= 0.3 is 0 Å². The molecule has 0 saturated heterocycles. The fourth-order valence-corrected chi connectivity index (χ4v) is 2.46.